The van der Waals surface area contributed by atoms with E-state index in [0.717, 1.165) is 36.4 Å². The summed E-state index contributed by atoms with van der Waals surface area (Å²) in [4.78, 5) is 2.40. The van der Waals surface area contributed by atoms with Crippen molar-refractivity contribution in [2.24, 2.45) is 0 Å². The number of allylic oxidation sites excluding steroid dienone is 2. The zero-order valence-electron chi connectivity index (χ0n) is 16.1. The minimum Gasteiger partial charge on any atom is -0.507 e. The molecule has 0 amide bonds. The molecule has 0 bridgehead atoms. The molecule has 2 aliphatic rings. The minimum absolute atomic E-state index is 0.291. The molecule has 1 aromatic carbocycles. The highest BCUT2D eigenvalue weighted by Gasteiger charge is 2.28. The van der Waals surface area contributed by atoms with Crippen LogP contribution >= 0.6 is 0 Å². The van der Waals surface area contributed by atoms with Crippen LogP contribution in [0.15, 0.2) is 17.7 Å². The Morgan fingerprint density at radius 2 is 2.08 bits per heavy atom. The van der Waals surface area contributed by atoms with Gasteiger partial charge < -0.3 is 9.84 Å². The Kier molecular flexibility index (Phi) is 6.06. The average molecular weight is 344 g/mol. The molecule has 3 nitrogen and oxygen atoms in total. The smallest absolute Gasteiger partial charge is 0.142 e. The summed E-state index contributed by atoms with van der Waals surface area (Å²) >= 11 is 0. The van der Waals surface area contributed by atoms with Crippen LogP contribution in [0.5, 0.6) is 11.5 Å². The number of hydrogen-bond donors (Lipinski definition) is 1. The normalized spacial score (nSPS) is 20.8. The van der Waals surface area contributed by atoms with Gasteiger partial charge in [0.05, 0.1) is 0 Å². The predicted molar refractivity (Wildman–Crippen MR) is 103 cm³/mol. The predicted octanol–water partition coefficient (Wildman–Crippen LogP) is 5.65. The van der Waals surface area contributed by atoms with E-state index in [-0.39, 0.29) is 0 Å². The highest BCUT2D eigenvalue weighted by atomic mass is 16.5. The third-order valence-corrected chi connectivity index (χ3v) is 5.67. The first-order valence-corrected chi connectivity index (χ1v) is 9.98. The Bertz CT molecular complexity index is 635. The number of fused-ring (bicyclic) bond motifs is 1. The van der Waals surface area contributed by atoms with E-state index in [0.29, 0.717) is 18.4 Å². The number of phenolic OH excluding ortho intramolecular Hbond substituents is 1. The van der Waals surface area contributed by atoms with Crippen molar-refractivity contribution in [1.29, 1.82) is 0 Å². The van der Waals surface area contributed by atoms with Gasteiger partial charge in [0.1, 0.15) is 18.2 Å². The first kappa shape index (κ1) is 18.3. The first-order valence-electron chi connectivity index (χ1n) is 9.98. The highest BCUT2D eigenvalue weighted by Crippen LogP contribution is 2.45. The van der Waals surface area contributed by atoms with Crippen molar-refractivity contribution in [1.82, 2.24) is 4.90 Å². The molecular formula is C22H33NO2. The van der Waals surface area contributed by atoms with Gasteiger partial charge in [0.2, 0.25) is 0 Å². The van der Waals surface area contributed by atoms with E-state index in [9.17, 15) is 5.11 Å². The molecular weight excluding hydrogens is 310 g/mol. The maximum absolute atomic E-state index is 10.6. The van der Waals surface area contributed by atoms with Crippen molar-refractivity contribution in [2.75, 3.05) is 13.3 Å². The van der Waals surface area contributed by atoms with Crippen LogP contribution in [0, 0.1) is 6.92 Å². The molecule has 138 valence electrons. The van der Waals surface area contributed by atoms with E-state index in [2.05, 4.69) is 31.7 Å². The first-order chi connectivity index (χ1) is 12.1. The number of unbranched alkanes of at least 4 members (excludes halogenated alkanes) is 3. The molecule has 1 aromatic rings. The van der Waals surface area contributed by atoms with E-state index < -0.39 is 0 Å². The second-order valence-corrected chi connectivity index (χ2v) is 7.83. The van der Waals surface area contributed by atoms with Gasteiger partial charge >= 0.3 is 0 Å². The molecule has 0 radical (unpaired) electrons. The average Bonchev–Trinajstić information content (AvgIpc) is 2.59. The van der Waals surface area contributed by atoms with E-state index in [1.54, 1.807) is 0 Å². The fraction of sp³-hybridized carbons (Fsp3) is 0.636. The Balaban J connectivity index is 1.81. The number of nitrogens with zero attached hydrogens (tertiary/aromatic N) is 1. The summed E-state index contributed by atoms with van der Waals surface area (Å²) < 4.78 is 6.21. The van der Waals surface area contributed by atoms with Crippen molar-refractivity contribution in [3.8, 4) is 11.5 Å². The molecule has 1 aliphatic heterocycles. The Morgan fingerprint density at radius 1 is 1.24 bits per heavy atom. The largest absolute Gasteiger partial charge is 0.507 e. The zero-order valence-corrected chi connectivity index (χ0v) is 16.1. The van der Waals surface area contributed by atoms with Crippen molar-refractivity contribution in [3.63, 3.8) is 0 Å². The van der Waals surface area contributed by atoms with E-state index in [1.807, 2.05) is 6.07 Å². The van der Waals surface area contributed by atoms with Crippen LogP contribution in [0.2, 0.25) is 0 Å². The summed E-state index contributed by atoms with van der Waals surface area (Å²) in [5.74, 6) is 1.65. The van der Waals surface area contributed by atoms with Crippen LogP contribution in [-0.2, 0) is 6.54 Å². The summed E-state index contributed by atoms with van der Waals surface area (Å²) in [6.45, 7) is 9.22. The van der Waals surface area contributed by atoms with Gasteiger partial charge in [-0.1, -0.05) is 37.8 Å². The Hall–Kier alpha value is -1.48. The summed E-state index contributed by atoms with van der Waals surface area (Å²) in [6.07, 6.45) is 10.9. The Morgan fingerprint density at radius 3 is 2.84 bits per heavy atom. The maximum Gasteiger partial charge on any atom is 0.142 e. The molecule has 1 N–H and O–H groups in total. The monoisotopic (exact) mass is 343 g/mol. The molecule has 1 atom stereocenters. The van der Waals surface area contributed by atoms with Gasteiger partial charge in [0, 0.05) is 30.1 Å². The van der Waals surface area contributed by atoms with Crippen LogP contribution in [0.3, 0.4) is 0 Å². The highest BCUT2D eigenvalue weighted by molar-refractivity contribution is 5.57. The number of aromatic hydroxyl groups is 1. The second-order valence-electron chi connectivity index (χ2n) is 7.83. The van der Waals surface area contributed by atoms with Gasteiger partial charge in [-0.2, -0.15) is 0 Å². The van der Waals surface area contributed by atoms with Crippen LogP contribution in [0.1, 0.15) is 81.4 Å². The molecule has 0 saturated carbocycles. The van der Waals surface area contributed by atoms with E-state index in [4.69, 9.17) is 4.74 Å². The van der Waals surface area contributed by atoms with Crippen molar-refractivity contribution in [2.45, 2.75) is 78.2 Å². The molecule has 3 heteroatoms. The third kappa shape index (κ3) is 4.20. The molecule has 1 heterocycles. The zero-order chi connectivity index (χ0) is 17.8. The molecule has 0 spiro atoms. The quantitative estimate of drug-likeness (QED) is 0.535. The summed E-state index contributed by atoms with van der Waals surface area (Å²) in [7, 11) is 0. The number of benzene rings is 1. The SMILES string of the molecule is CCCCCCN1COc2c(c(C)cc(O)c2C2C=C(C)CCC2)C1. The van der Waals surface area contributed by atoms with Crippen molar-refractivity contribution < 1.29 is 9.84 Å². The number of aryl methyl sites for hydroxylation is 1. The van der Waals surface area contributed by atoms with Crippen LogP contribution < -0.4 is 4.74 Å². The number of ether oxygens (including phenoxy) is 1. The number of phenols is 1. The summed E-state index contributed by atoms with van der Waals surface area (Å²) in [5.41, 5.74) is 4.86. The molecule has 0 fully saturated rings. The molecule has 1 unspecified atom stereocenters. The van der Waals surface area contributed by atoms with Gasteiger partial charge in [0.15, 0.2) is 0 Å². The summed E-state index contributed by atoms with van der Waals surface area (Å²) in [5, 5.41) is 10.6. The van der Waals surface area contributed by atoms with E-state index >= 15 is 0 Å². The fourth-order valence-electron chi connectivity index (χ4n) is 4.22. The lowest BCUT2D eigenvalue weighted by Crippen LogP contribution is -2.34. The van der Waals surface area contributed by atoms with Gasteiger partial charge in [-0.3, -0.25) is 4.90 Å². The van der Waals surface area contributed by atoms with Crippen LogP contribution in [-0.4, -0.2) is 23.3 Å². The van der Waals surface area contributed by atoms with Crippen molar-refractivity contribution >= 4 is 0 Å². The lowest BCUT2D eigenvalue weighted by Gasteiger charge is -2.33. The van der Waals surface area contributed by atoms with Gasteiger partial charge in [-0.25, -0.2) is 0 Å². The number of rotatable bonds is 6. The molecule has 1 aliphatic carbocycles. The minimum atomic E-state index is 0.291. The summed E-state index contributed by atoms with van der Waals surface area (Å²) in [6, 6.07) is 1.94. The lowest BCUT2D eigenvalue weighted by atomic mass is 9.83. The van der Waals surface area contributed by atoms with E-state index in [1.165, 1.54) is 49.7 Å². The van der Waals surface area contributed by atoms with Gasteiger partial charge in [-0.15, -0.1) is 0 Å². The second kappa shape index (κ2) is 8.27. The topological polar surface area (TPSA) is 32.7 Å². The maximum atomic E-state index is 10.6. The number of hydrogen-bond acceptors (Lipinski definition) is 3. The fourth-order valence-corrected chi connectivity index (χ4v) is 4.22. The third-order valence-electron chi connectivity index (χ3n) is 5.67. The molecule has 0 saturated heterocycles. The molecule has 0 aromatic heterocycles. The molecule has 25 heavy (non-hydrogen) atoms. The van der Waals surface area contributed by atoms with Crippen molar-refractivity contribution in [3.05, 3.63) is 34.4 Å². The lowest BCUT2D eigenvalue weighted by molar-refractivity contribution is 0.0913. The van der Waals surface area contributed by atoms with Gasteiger partial charge in [-0.05, 0) is 51.2 Å². The Labute approximate surface area is 152 Å². The van der Waals surface area contributed by atoms with Gasteiger partial charge in [0.25, 0.3) is 0 Å². The van der Waals surface area contributed by atoms with Crippen LogP contribution in [0.4, 0.5) is 0 Å². The standard InChI is InChI=1S/C22H33NO2/c1-4-5-6-7-11-23-14-19-17(3)13-20(24)21(22(19)25-15-23)18-10-8-9-16(2)12-18/h12-13,18,24H,4-11,14-15H2,1-3H3. The van der Waals surface area contributed by atoms with Crippen LogP contribution in [0.25, 0.3) is 0 Å². The molecule has 3 rings (SSSR count).